The van der Waals surface area contributed by atoms with Gasteiger partial charge in [0.2, 0.25) is 0 Å². The van der Waals surface area contributed by atoms with Gasteiger partial charge in [0.1, 0.15) is 5.82 Å². The van der Waals surface area contributed by atoms with Crippen LogP contribution >= 0.6 is 43.2 Å². The summed E-state index contributed by atoms with van der Waals surface area (Å²) in [5.74, 6) is -0.290. The predicted octanol–water partition coefficient (Wildman–Crippen LogP) is 4.77. The Hall–Kier alpha value is -0.230. The summed E-state index contributed by atoms with van der Waals surface area (Å²) >= 11 is 8.19. The molecule has 0 aliphatic rings. The fraction of sp³-hybridized carbons (Fsp3) is 0.167. The molecule has 0 aliphatic heterocycles. The molecule has 1 aromatic heterocycles. The lowest BCUT2D eigenvalue weighted by Gasteiger charge is -2.11. The van der Waals surface area contributed by atoms with Crippen molar-refractivity contribution in [2.24, 2.45) is 5.73 Å². The summed E-state index contributed by atoms with van der Waals surface area (Å²) in [6.07, 6.45) is 0. The molecule has 1 unspecified atom stereocenters. The van der Waals surface area contributed by atoms with Crippen LogP contribution in [0.4, 0.5) is 4.39 Å². The smallest absolute Gasteiger partial charge is 0.142 e. The fourth-order valence-corrected chi connectivity index (χ4v) is 3.51. The van der Waals surface area contributed by atoms with Gasteiger partial charge in [-0.2, -0.15) is 0 Å². The molecule has 0 amide bonds. The number of thiophene rings is 1. The highest BCUT2D eigenvalue weighted by Gasteiger charge is 2.17. The third-order valence-corrected chi connectivity index (χ3v) is 5.33. The van der Waals surface area contributed by atoms with Crippen LogP contribution in [-0.4, -0.2) is 0 Å². The van der Waals surface area contributed by atoms with E-state index in [0.717, 1.165) is 14.2 Å². The van der Waals surface area contributed by atoms with Gasteiger partial charge in [-0.3, -0.25) is 0 Å². The third-order valence-electron chi connectivity index (χ3n) is 2.50. The van der Waals surface area contributed by atoms with Crippen molar-refractivity contribution in [3.05, 3.63) is 54.3 Å². The molecule has 1 atom stereocenters. The Morgan fingerprint density at radius 3 is 2.59 bits per heavy atom. The molecule has 2 N–H and O–H groups in total. The standard InChI is InChI=1S/C12H10Br2FNS/c1-6-9(14)5-10(17-6)12(16)7-3-2-4-8(13)11(7)15/h2-5,12H,16H2,1H3. The van der Waals surface area contributed by atoms with Crippen LogP contribution < -0.4 is 5.73 Å². The number of rotatable bonds is 2. The van der Waals surface area contributed by atoms with E-state index < -0.39 is 6.04 Å². The number of halogens is 3. The zero-order chi connectivity index (χ0) is 12.6. The second-order valence-corrected chi connectivity index (χ2v) is 6.67. The molecule has 17 heavy (non-hydrogen) atoms. The van der Waals surface area contributed by atoms with E-state index in [0.29, 0.717) is 10.0 Å². The highest BCUT2D eigenvalue weighted by Crippen LogP contribution is 2.34. The molecule has 0 aliphatic carbocycles. The normalized spacial score (nSPS) is 12.8. The van der Waals surface area contributed by atoms with Crippen molar-refractivity contribution in [2.45, 2.75) is 13.0 Å². The summed E-state index contributed by atoms with van der Waals surface area (Å²) in [5, 5.41) is 0. The van der Waals surface area contributed by atoms with Gasteiger partial charge in [0.05, 0.1) is 10.5 Å². The van der Waals surface area contributed by atoms with E-state index in [1.807, 2.05) is 13.0 Å². The van der Waals surface area contributed by atoms with Gasteiger partial charge in [0.15, 0.2) is 0 Å². The van der Waals surface area contributed by atoms with Crippen molar-refractivity contribution >= 4 is 43.2 Å². The predicted molar refractivity (Wildman–Crippen MR) is 76.9 cm³/mol. The number of nitrogens with two attached hydrogens (primary N) is 1. The Bertz CT molecular complexity index is 534. The highest BCUT2D eigenvalue weighted by atomic mass is 79.9. The van der Waals surface area contributed by atoms with Crippen molar-refractivity contribution in [3.8, 4) is 0 Å². The van der Waals surface area contributed by atoms with Crippen LogP contribution in [0.1, 0.15) is 21.4 Å². The van der Waals surface area contributed by atoms with Crippen LogP contribution in [0.5, 0.6) is 0 Å². The van der Waals surface area contributed by atoms with Crippen molar-refractivity contribution in [2.75, 3.05) is 0 Å². The van der Waals surface area contributed by atoms with Crippen molar-refractivity contribution in [1.29, 1.82) is 0 Å². The van der Waals surface area contributed by atoms with Crippen LogP contribution in [0.2, 0.25) is 0 Å². The van der Waals surface area contributed by atoms with E-state index >= 15 is 0 Å². The Balaban J connectivity index is 2.43. The minimum Gasteiger partial charge on any atom is -0.320 e. The van der Waals surface area contributed by atoms with E-state index in [2.05, 4.69) is 31.9 Å². The minimum absolute atomic E-state index is 0.290. The quantitative estimate of drug-likeness (QED) is 0.800. The SMILES string of the molecule is Cc1sc(C(N)c2cccc(Br)c2F)cc1Br. The fourth-order valence-electron chi connectivity index (χ4n) is 1.55. The van der Waals surface area contributed by atoms with Crippen molar-refractivity contribution < 1.29 is 4.39 Å². The summed E-state index contributed by atoms with van der Waals surface area (Å²) in [5.41, 5.74) is 6.60. The summed E-state index contributed by atoms with van der Waals surface area (Å²) in [4.78, 5) is 2.09. The molecular weight excluding hydrogens is 369 g/mol. The van der Waals surface area contributed by atoms with Crippen LogP contribution in [0.3, 0.4) is 0 Å². The van der Waals surface area contributed by atoms with Crippen LogP contribution in [0.15, 0.2) is 33.2 Å². The Morgan fingerprint density at radius 1 is 1.29 bits per heavy atom. The first-order valence-corrected chi connectivity index (χ1v) is 7.36. The van der Waals surface area contributed by atoms with Crippen LogP contribution in [-0.2, 0) is 0 Å². The van der Waals surface area contributed by atoms with Crippen molar-refractivity contribution in [1.82, 2.24) is 0 Å². The molecule has 5 heteroatoms. The molecule has 0 spiro atoms. The third kappa shape index (κ3) is 2.62. The van der Waals surface area contributed by atoms with E-state index in [4.69, 9.17) is 5.73 Å². The molecule has 2 rings (SSSR count). The maximum absolute atomic E-state index is 13.9. The molecular formula is C12H10Br2FNS. The molecule has 0 saturated heterocycles. The highest BCUT2D eigenvalue weighted by molar-refractivity contribution is 9.10. The number of benzene rings is 1. The molecule has 0 radical (unpaired) electrons. The van der Waals surface area contributed by atoms with Crippen LogP contribution in [0.25, 0.3) is 0 Å². The Labute approximate surface area is 120 Å². The summed E-state index contributed by atoms with van der Waals surface area (Å²) < 4.78 is 15.4. The average molecular weight is 379 g/mol. The molecule has 2 aromatic rings. The minimum atomic E-state index is -0.428. The molecule has 0 bridgehead atoms. The first kappa shape index (κ1) is 13.2. The molecule has 0 fully saturated rings. The first-order valence-electron chi connectivity index (χ1n) is 4.96. The lowest BCUT2D eigenvalue weighted by Crippen LogP contribution is -2.12. The lowest BCUT2D eigenvalue weighted by molar-refractivity contribution is 0.594. The van der Waals surface area contributed by atoms with Gasteiger partial charge in [-0.05, 0) is 50.9 Å². The number of hydrogen-bond donors (Lipinski definition) is 1. The van der Waals surface area contributed by atoms with E-state index in [1.165, 1.54) is 0 Å². The van der Waals surface area contributed by atoms with E-state index in [1.54, 1.807) is 29.5 Å². The molecule has 0 saturated carbocycles. The monoisotopic (exact) mass is 377 g/mol. The van der Waals surface area contributed by atoms with E-state index in [-0.39, 0.29) is 5.82 Å². The maximum Gasteiger partial charge on any atom is 0.142 e. The number of aryl methyl sites for hydroxylation is 1. The maximum atomic E-state index is 13.9. The lowest BCUT2D eigenvalue weighted by atomic mass is 10.1. The van der Waals surface area contributed by atoms with Gasteiger partial charge in [0.25, 0.3) is 0 Å². The summed E-state index contributed by atoms with van der Waals surface area (Å²) in [6.45, 7) is 2.00. The molecule has 90 valence electrons. The topological polar surface area (TPSA) is 26.0 Å². The van der Waals surface area contributed by atoms with Gasteiger partial charge in [-0.1, -0.05) is 12.1 Å². The van der Waals surface area contributed by atoms with Crippen LogP contribution in [0, 0.1) is 12.7 Å². The second kappa shape index (κ2) is 5.18. The summed E-state index contributed by atoms with van der Waals surface area (Å²) in [7, 11) is 0. The van der Waals surface area contributed by atoms with Gasteiger partial charge in [-0.15, -0.1) is 11.3 Å². The first-order chi connectivity index (χ1) is 8.00. The average Bonchev–Trinajstić information content (AvgIpc) is 2.62. The number of hydrogen-bond acceptors (Lipinski definition) is 2. The zero-order valence-electron chi connectivity index (χ0n) is 9.01. The zero-order valence-corrected chi connectivity index (χ0v) is 13.0. The van der Waals surface area contributed by atoms with Gasteiger partial charge >= 0.3 is 0 Å². The van der Waals surface area contributed by atoms with Gasteiger partial charge in [-0.25, -0.2) is 4.39 Å². The van der Waals surface area contributed by atoms with Crippen molar-refractivity contribution in [3.63, 3.8) is 0 Å². The van der Waals surface area contributed by atoms with Gasteiger partial charge in [0, 0.05) is 19.8 Å². The molecule has 1 nitrogen and oxygen atoms in total. The molecule has 1 aromatic carbocycles. The Morgan fingerprint density at radius 2 is 2.00 bits per heavy atom. The van der Waals surface area contributed by atoms with Gasteiger partial charge < -0.3 is 5.73 Å². The summed E-state index contributed by atoms with van der Waals surface area (Å²) in [6, 6.07) is 6.69. The largest absolute Gasteiger partial charge is 0.320 e. The van der Waals surface area contributed by atoms with E-state index in [9.17, 15) is 4.39 Å². The Kier molecular flexibility index (Phi) is 4.02. The molecule has 1 heterocycles. The second-order valence-electron chi connectivity index (χ2n) is 3.67.